The molecule has 0 saturated carbocycles. The molecule has 1 aliphatic carbocycles. The molecule has 0 radical (unpaired) electrons. The average molecular weight is 381 g/mol. The van der Waals surface area contributed by atoms with Gasteiger partial charge in [0.1, 0.15) is 0 Å². The molecular formula is C22H24N2O2S. The van der Waals surface area contributed by atoms with Crippen LogP contribution in [0.5, 0.6) is 0 Å². The van der Waals surface area contributed by atoms with Crippen LogP contribution in [0.1, 0.15) is 37.1 Å². The van der Waals surface area contributed by atoms with Gasteiger partial charge >= 0.3 is 0 Å². The molecule has 4 rings (SSSR count). The summed E-state index contributed by atoms with van der Waals surface area (Å²) in [7, 11) is -3.62. The molecule has 1 aliphatic rings. The Kier molecular flexibility index (Phi) is 4.76. The number of benzene rings is 3. The predicted molar refractivity (Wildman–Crippen MR) is 109 cm³/mol. The first kappa shape index (κ1) is 18.2. The summed E-state index contributed by atoms with van der Waals surface area (Å²) >= 11 is 0. The third-order valence-corrected chi connectivity index (χ3v) is 6.94. The van der Waals surface area contributed by atoms with Gasteiger partial charge in [-0.15, -0.1) is 0 Å². The molecule has 4 nitrogen and oxygen atoms in total. The molecule has 0 heterocycles. The fourth-order valence-electron chi connectivity index (χ4n) is 4.24. The van der Waals surface area contributed by atoms with Crippen molar-refractivity contribution >= 4 is 20.8 Å². The Balaban J connectivity index is 1.84. The van der Waals surface area contributed by atoms with Gasteiger partial charge in [-0.25, -0.2) is 13.1 Å². The largest absolute Gasteiger partial charge is 0.295 e. The van der Waals surface area contributed by atoms with E-state index in [0.29, 0.717) is 4.90 Å². The van der Waals surface area contributed by atoms with Crippen LogP contribution >= 0.6 is 0 Å². The zero-order valence-corrected chi connectivity index (χ0v) is 16.4. The van der Waals surface area contributed by atoms with E-state index in [1.807, 2.05) is 18.2 Å². The number of nitrogens with one attached hydrogen (secondary N) is 1. The smallest absolute Gasteiger partial charge is 0.241 e. The standard InChI is InChI=1S/C22H24N2O2S/c1-3-24(4-2)22-19-15-9-11-16-10-8-14-18(20(16)19)21(22)23-27(25,26)17-12-6-5-7-13-17/h5-15,21-23H,3-4H2,1-2H3/t21-,22-/m0/s1. The fraction of sp³-hybridized carbons (Fsp3) is 0.273. The SMILES string of the molecule is CCN(CC)[C@H]1c2cccc3cccc(c23)[C@@H]1NS(=O)(=O)c1ccccc1. The Labute approximate surface area is 160 Å². The fourth-order valence-corrected chi connectivity index (χ4v) is 5.48. The Hall–Kier alpha value is -2.21. The van der Waals surface area contributed by atoms with Gasteiger partial charge in [-0.05, 0) is 47.1 Å². The van der Waals surface area contributed by atoms with Crippen LogP contribution in [0, 0.1) is 0 Å². The summed E-state index contributed by atoms with van der Waals surface area (Å²) in [5.74, 6) is 0. The molecule has 27 heavy (non-hydrogen) atoms. The van der Waals surface area contributed by atoms with Crippen LogP contribution < -0.4 is 4.72 Å². The van der Waals surface area contributed by atoms with Crippen LogP contribution in [0.4, 0.5) is 0 Å². The summed E-state index contributed by atoms with van der Waals surface area (Å²) in [6, 6.07) is 20.7. The highest BCUT2D eigenvalue weighted by Gasteiger charge is 2.39. The van der Waals surface area contributed by atoms with E-state index in [1.165, 1.54) is 10.9 Å². The number of likely N-dealkylation sites (N-methyl/N-ethyl adjacent to an activating group) is 1. The molecule has 3 aromatic carbocycles. The van der Waals surface area contributed by atoms with Gasteiger partial charge in [0.2, 0.25) is 10.0 Å². The van der Waals surface area contributed by atoms with E-state index < -0.39 is 10.0 Å². The summed E-state index contributed by atoms with van der Waals surface area (Å²) in [5, 5.41) is 2.33. The van der Waals surface area contributed by atoms with Crippen LogP contribution in [-0.2, 0) is 10.0 Å². The zero-order chi connectivity index (χ0) is 19.0. The minimum absolute atomic E-state index is 0.0143. The third kappa shape index (κ3) is 3.06. The molecule has 0 spiro atoms. The Morgan fingerprint density at radius 1 is 0.852 bits per heavy atom. The highest BCUT2D eigenvalue weighted by atomic mass is 32.2. The maximum absolute atomic E-state index is 13.1. The Bertz CT molecular complexity index is 1050. The van der Waals surface area contributed by atoms with Gasteiger partial charge in [0.05, 0.1) is 17.0 Å². The topological polar surface area (TPSA) is 49.4 Å². The van der Waals surface area contributed by atoms with Gasteiger partial charge in [0, 0.05) is 0 Å². The lowest BCUT2D eigenvalue weighted by Gasteiger charge is -2.32. The molecule has 0 saturated heterocycles. The maximum Gasteiger partial charge on any atom is 0.241 e. The minimum Gasteiger partial charge on any atom is -0.295 e. The van der Waals surface area contributed by atoms with E-state index in [1.54, 1.807) is 24.3 Å². The Morgan fingerprint density at radius 3 is 2.11 bits per heavy atom. The lowest BCUT2D eigenvalue weighted by molar-refractivity contribution is 0.190. The van der Waals surface area contributed by atoms with Crippen molar-refractivity contribution in [2.45, 2.75) is 30.8 Å². The monoisotopic (exact) mass is 380 g/mol. The van der Waals surface area contributed by atoms with Crippen LogP contribution in [0.15, 0.2) is 71.6 Å². The van der Waals surface area contributed by atoms with Gasteiger partial charge in [-0.1, -0.05) is 68.4 Å². The molecule has 3 aromatic rings. The van der Waals surface area contributed by atoms with Crippen molar-refractivity contribution in [3.8, 4) is 0 Å². The molecule has 0 unspecified atom stereocenters. The highest BCUT2D eigenvalue weighted by Crippen LogP contribution is 2.47. The van der Waals surface area contributed by atoms with Crippen molar-refractivity contribution in [3.63, 3.8) is 0 Å². The van der Waals surface area contributed by atoms with Crippen LogP contribution in [0.25, 0.3) is 10.8 Å². The number of nitrogens with zero attached hydrogens (tertiary/aromatic N) is 1. The minimum atomic E-state index is -3.62. The maximum atomic E-state index is 13.1. The summed E-state index contributed by atoms with van der Waals surface area (Å²) in [6.45, 7) is 5.95. The van der Waals surface area contributed by atoms with Gasteiger partial charge < -0.3 is 0 Å². The van der Waals surface area contributed by atoms with E-state index in [4.69, 9.17) is 0 Å². The second-order valence-corrected chi connectivity index (χ2v) is 8.58. The van der Waals surface area contributed by atoms with E-state index in [9.17, 15) is 8.42 Å². The molecule has 0 aromatic heterocycles. The van der Waals surface area contributed by atoms with Crippen molar-refractivity contribution < 1.29 is 8.42 Å². The molecule has 5 heteroatoms. The molecule has 0 fully saturated rings. The first-order valence-corrected chi connectivity index (χ1v) is 10.9. The molecular weight excluding hydrogens is 356 g/mol. The quantitative estimate of drug-likeness (QED) is 0.695. The third-order valence-electron chi connectivity index (χ3n) is 5.48. The van der Waals surface area contributed by atoms with E-state index in [2.05, 4.69) is 47.7 Å². The van der Waals surface area contributed by atoms with Gasteiger partial charge in [0.25, 0.3) is 0 Å². The van der Waals surface area contributed by atoms with E-state index >= 15 is 0 Å². The first-order valence-electron chi connectivity index (χ1n) is 9.39. The average Bonchev–Trinajstić information content (AvgIpc) is 2.99. The molecule has 1 N–H and O–H groups in total. The molecule has 0 aliphatic heterocycles. The normalized spacial score (nSPS) is 19.1. The van der Waals surface area contributed by atoms with Crippen LogP contribution in [0.2, 0.25) is 0 Å². The van der Waals surface area contributed by atoms with Crippen LogP contribution in [0.3, 0.4) is 0 Å². The second kappa shape index (κ2) is 7.08. The summed E-state index contributed by atoms with van der Waals surface area (Å²) < 4.78 is 29.2. The second-order valence-electron chi connectivity index (χ2n) is 6.87. The number of sulfonamides is 1. The van der Waals surface area contributed by atoms with Crippen molar-refractivity contribution in [1.82, 2.24) is 9.62 Å². The molecule has 0 amide bonds. The van der Waals surface area contributed by atoms with Gasteiger partial charge in [-0.2, -0.15) is 0 Å². The lowest BCUT2D eigenvalue weighted by atomic mass is 10.0. The predicted octanol–water partition coefficient (Wildman–Crippen LogP) is 4.26. The summed E-state index contributed by atoms with van der Waals surface area (Å²) in [5.41, 5.74) is 2.26. The van der Waals surface area contributed by atoms with Crippen molar-refractivity contribution in [2.24, 2.45) is 0 Å². The molecule has 140 valence electrons. The molecule has 2 atom stereocenters. The van der Waals surface area contributed by atoms with E-state index in [0.717, 1.165) is 24.0 Å². The van der Waals surface area contributed by atoms with Gasteiger partial charge in [0.15, 0.2) is 0 Å². The van der Waals surface area contributed by atoms with Crippen LogP contribution in [-0.4, -0.2) is 26.4 Å². The Morgan fingerprint density at radius 2 is 1.48 bits per heavy atom. The van der Waals surface area contributed by atoms with Crippen molar-refractivity contribution in [1.29, 1.82) is 0 Å². The number of rotatable bonds is 6. The first-order chi connectivity index (χ1) is 13.1. The van der Waals surface area contributed by atoms with Crippen molar-refractivity contribution in [3.05, 3.63) is 77.9 Å². The number of hydrogen-bond donors (Lipinski definition) is 1. The van der Waals surface area contributed by atoms with Crippen molar-refractivity contribution in [2.75, 3.05) is 13.1 Å². The van der Waals surface area contributed by atoms with E-state index in [-0.39, 0.29) is 12.1 Å². The zero-order valence-electron chi connectivity index (χ0n) is 15.6. The van der Waals surface area contributed by atoms with Gasteiger partial charge in [-0.3, -0.25) is 4.90 Å². The lowest BCUT2D eigenvalue weighted by Crippen LogP contribution is -2.38. The number of hydrogen-bond acceptors (Lipinski definition) is 3. The summed E-state index contributed by atoms with van der Waals surface area (Å²) in [6.07, 6.45) is 0. The summed E-state index contributed by atoms with van der Waals surface area (Å²) in [4.78, 5) is 2.62. The molecule has 0 bridgehead atoms. The highest BCUT2D eigenvalue weighted by molar-refractivity contribution is 7.89.